The number of methoxy groups -OCH3 is 1. The summed E-state index contributed by atoms with van der Waals surface area (Å²) in [4.78, 5) is 10.7. The molecule has 0 bridgehead atoms. The molecule has 0 spiro atoms. The Morgan fingerprint density at radius 1 is 0.571 bits per heavy atom. The standard InChI is InChI=1S/C59H55N3O/c1-37(2)49-35-51(43-19-14-11-15-20-43)55(36-50(49)42-17-12-10-13-18-42)62-54-22-16-21-48(56(54)61-58(62)52-30-39(4)29-40(5)57(52)63-9)45-31-46(33-47(32-45)59(6,7)8)53-34-44(27-28-60-53)41-25-23-38(3)24-26-41/h10-37H,1-9H3/i37D. The van der Waals surface area contributed by atoms with Crippen LogP contribution in [0.3, 0.4) is 0 Å². The highest BCUT2D eigenvalue weighted by Crippen LogP contribution is 2.45. The monoisotopic (exact) mass is 822 g/mol. The van der Waals surface area contributed by atoms with Crippen molar-refractivity contribution in [1.29, 1.82) is 0 Å². The van der Waals surface area contributed by atoms with E-state index in [1.807, 2.05) is 26.1 Å². The van der Waals surface area contributed by atoms with Gasteiger partial charge in [0, 0.05) is 24.3 Å². The summed E-state index contributed by atoms with van der Waals surface area (Å²) in [6.07, 6.45) is 1.92. The van der Waals surface area contributed by atoms with E-state index in [4.69, 9.17) is 14.7 Å². The van der Waals surface area contributed by atoms with Gasteiger partial charge in [0.05, 0.1) is 35.1 Å². The molecule has 0 fully saturated rings. The van der Waals surface area contributed by atoms with Crippen LogP contribution in [0.1, 0.15) is 69.7 Å². The van der Waals surface area contributed by atoms with Crippen molar-refractivity contribution in [2.24, 2.45) is 0 Å². The molecule has 4 heteroatoms. The second-order valence-corrected chi connectivity index (χ2v) is 18.1. The van der Waals surface area contributed by atoms with E-state index in [0.717, 1.165) is 106 Å². The average Bonchev–Trinajstić information content (AvgIpc) is 3.68. The van der Waals surface area contributed by atoms with Gasteiger partial charge in [0.25, 0.3) is 0 Å². The first-order valence-electron chi connectivity index (χ1n) is 22.3. The second kappa shape index (κ2) is 16.7. The first-order chi connectivity index (χ1) is 30.7. The van der Waals surface area contributed by atoms with Crippen LogP contribution in [-0.2, 0) is 5.41 Å². The number of rotatable bonds is 9. The van der Waals surface area contributed by atoms with Crippen LogP contribution in [0.5, 0.6) is 5.75 Å². The van der Waals surface area contributed by atoms with Gasteiger partial charge in [0.2, 0.25) is 0 Å². The van der Waals surface area contributed by atoms with Gasteiger partial charge in [-0.3, -0.25) is 9.55 Å². The third-order valence-corrected chi connectivity index (χ3v) is 12.2. The molecule has 0 saturated carbocycles. The van der Waals surface area contributed by atoms with Gasteiger partial charge >= 0.3 is 0 Å². The third kappa shape index (κ3) is 7.98. The molecule has 312 valence electrons. The number of pyridine rings is 1. The molecule has 0 saturated heterocycles. The zero-order valence-corrected chi connectivity index (χ0v) is 37.8. The number of hydrogen-bond donors (Lipinski definition) is 0. The van der Waals surface area contributed by atoms with Gasteiger partial charge in [0.15, 0.2) is 0 Å². The lowest BCUT2D eigenvalue weighted by Crippen LogP contribution is -2.11. The maximum Gasteiger partial charge on any atom is 0.149 e. The Kier molecular flexibility index (Phi) is 10.6. The molecule has 0 atom stereocenters. The summed E-state index contributed by atoms with van der Waals surface area (Å²) < 4.78 is 18.0. The number of benzene rings is 7. The Bertz CT molecular complexity index is 3170. The van der Waals surface area contributed by atoms with Crippen LogP contribution >= 0.6 is 0 Å². The number of para-hydroxylation sites is 1. The van der Waals surface area contributed by atoms with E-state index in [0.29, 0.717) is 0 Å². The quantitative estimate of drug-likeness (QED) is 0.146. The number of ether oxygens (including phenoxy) is 1. The zero-order valence-electron chi connectivity index (χ0n) is 38.8. The molecular formula is C59H55N3O. The van der Waals surface area contributed by atoms with Crippen molar-refractivity contribution in [3.8, 4) is 78.6 Å². The maximum absolute atomic E-state index is 9.46. The minimum Gasteiger partial charge on any atom is -0.496 e. The van der Waals surface area contributed by atoms with Gasteiger partial charge in [-0.2, -0.15) is 0 Å². The predicted octanol–water partition coefficient (Wildman–Crippen LogP) is 15.8. The maximum atomic E-state index is 9.46. The van der Waals surface area contributed by atoms with Crippen LogP contribution in [0.25, 0.3) is 83.9 Å². The highest BCUT2D eigenvalue weighted by Gasteiger charge is 2.26. The van der Waals surface area contributed by atoms with Crippen molar-refractivity contribution in [3.63, 3.8) is 0 Å². The first-order valence-corrected chi connectivity index (χ1v) is 21.8. The second-order valence-electron chi connectivity index (χ2n) is 18.1. The Morgan fingerprint density at radius 3 is 1.92 bits per heavy atom. The van der Waals surface area contributed by atoms with E-state index < -0.39 is 5.89 Å². The average molecular weight is 823 g/mol. The van der Waals surface area contributed by atoms with Crippen molar-refractivity contribution in [1.82, 2.24) is 14.5 Å². The number of aromatic nitrogens is 3. The van der Waals surface area contributed by atoms with Crippen molar-refractivity contribution >= 4 is 11.0 Å². The molecule has 0 radical (unpaired) electrons. The largest absolute Gasteiger partial charge is 0.496 e. The lowest BCUT2D eigenvalue weighted by molar-refractivity contribution is 0.413. The fourth-order valence-electron chi connectivity index (χ4n) is 8.92. The van der Waals surface area contributed by atoms with Crippen LogP contribution in [0.2, 0.25) is 0 Å². The molecule has 0 aliphatic carbocycles. The smallest absolute Gasteiger partial charge is 0.149 e. The Hall–Kier alpha value is -7.04. The Balaban J connectivity index is 1.37. The molecule has 2 aromatic heterocycles. The minimum absolute atomic E-state index is 0.143. The number of nitrogens with zero attached hydrogens (tertiary/aromatic N) is 3. The van der Waals surface area contributed by atoms with E-state index in [1.165, 1.54) is 11.1 Å². The Morgan fingerprint density at radius 2 is 1.25 bits per heavy atom. The number of imidazole rings is 1. The van der Waals surface area contributed by atoms with Crippen molar-refractivity contribution in [3.05, 3.63) is 192 Å². The van der Waals surface area contributed by atoms with Crippen LogP contribution in [0.4, 0.5) is 0 Å². The van der Waals surface area contributed by atoms with E-state index in [1.54, 1.807) is 7.11 Å². The molecule has 0 aliphatic heterocycles. The molecule has 2 heterocycles. The van der Waals surface area contributed by atoms with E-state index in [2.05, 4.69) is 198 Å². The van der Waals surface area contributed by atoms with Gasteiger partial charge in [-0.25, -0.2) is 4.98 Å². The van der Waals surface area contributed by atoms with Gasteiger partial charge in [-0.1, -0.05) is 149 Å². The van der Waals surface area contributed by atoms with E-state index in [-0.39, 0.29) is 5.41 Å². The molecule has 0 amide bonds. The predicted molar refractivity (Wildman–Crippen MR) is 265 cm³/mol. The van der Waals surface area contributed by atoms with Crippen molar-refractivity contribution < 1.29 is 6.11 Å². The molecule has 9 rings (SSSR count). The highest BCUT2D eigenvalue weighted by atomic mass is 16.5. The molecule has 0 unspecified atom stereocenters. The fourth-order valence-corrected chi connectivity index (χ4v) is 8.92. The number of aryl methyl sites for hydroxylation is 3. The molecule has 63 heavy (non-hydrogen) atoms. The molecular weight excluding hydrogens is 767 g/mol. The van der Waals surface area contributed by atoms with Gasteiger partial charge in [-0.05, 0) is 136 Å². The molecule has 4 nitrogen and oxygen atoms in total. The number of fused-ring (bicyclic) bond motifs is 1. The van der Waals surface area contributed by atoms with Crippen LogP contribution in [-0.4, -0.2) is 21.6 Å². The summed E-state index contributed by atoms with van der Waals surface area (Å²) in [7, 11) is 1.75. The van der Waals surface area contributed by atoms with Crippen LogP contribution in [0, 0.1) is 20.8 Å². The van der Waals surface area contributed by atoms with Crippen molar-refractivity contribution in [2.45, 2.75) is 66.7 Å². The summed E-state index contributed by atoms with van der Waals surface area (Å²) >= 11 is 0. The van der Waals surface area contributed by atoms with Gasteiger partial charge in [-0.15, -0.1) is 0 Å². The zero-order chi connectivity index (χ0) is 44.9. The molecule has 0 aliphatic rings. The minimum atomic E-state index is -0.887. The number of hydrogen-bond acceptors (Lipinski definition) is 3. The highest BCUT2D eigenvalue weighted by molar-refractivity contribution is 5.98. The van der Waals surface area contributed by atoms with Gasteiger partial charge < -0.3 is 4.74 Å². The SMILES string of the molecule is [2H]C(C)(C)c1cc(-c2ccccc2)c(-n2c(-c3cc(C)cc(C)c3OC)nc3c(-c4cc(-c5cc(-c6ccc(C)cc6)ccn5)cc(C(C)(C)C)c4)cccc32)cc1-c1ccccc1. The normalized spacial score (nSPS) is 12.1. The summed E-state index contributed by atoms with van der Waals surface area (Å²) in [5.41, 5.74) is 19.6. The van der Waals surface area contributed by atoms with E-state index >= 15 is 0 Å². The fraction of sp³-hybridized carbons (Fsp3) is 0.186. The topological polar surface area (TPSA) is 39.9 Å². The first kappa shape index (κ1) is 40.1. The summed E-state index contributed by atoms with van der Waals surface area (Å²) in [5.74, 6) is 0.676. The molecule has 7 aromatic carbocycles. The lowest BCUT2D eigenvalue weighted by Gasteiger charge is -2.22. The summed E-state index contributed by atoms with van der Waals surface area (Å²) in [5, 5.41) is 0. The Labute approximate surface area is 374 Å². The summed E-state index contributed by atoms with van der Waals surface area (Å²) in [6, 6.07) is 56.2. The van der Waals surface area contributed by atoms with E-state index in [9.17, 15) is 1.37 Å². The van der Waals surface area contributed by atoms with Crippen molar-refractivity contribution in [2.75, 3.05) is 7.11 Å². The lowest BCUT2D eigenvalue weighted by atomic mass is 9.83. The van der Waals surface area contributed by atoms with Crippen LogP contribution < -0.4 is 4.74 Å². The molecule has 0 N–H and O–H groups in total. The molecule has 9 aromatic rings. The van der Waals surface area contributed by atoms with Gasteiger partial charge in [0.1, 0.15) is 11.6 Å². The summed E-state index contributed by atoms with van der Waals surface area (Å²) in [6.45, 7) is 17.1. The third-order valence-electron chi connectivity index (χ3n) is 12.2. The van der Waals surface area contributed by atoms with Crippen LogP contribution in [0.15, 0.2) is 164 Å².